The summed E-state index contributed by atoms with van der Waals surface area (Å²) in [5.41, 5.74) is 7.94. The molecule has 0 spiro atoms. The maximum Gasteiger partial charge on any atom is 0.0721 e. The lowest BCUT2D eigenvalue weighted by Crippen LogP contribution is -1.97. The molecule has 0 heterocycles. The zero-order valence-corrected chi connectivity index (χ0v) is 12.0. The van der Waals surface area contributed by atoms with E-state index in [2.05, 4.69) is 37.8 Å². The van der Waals surface area contributed by atoms with Crippen molar-refractivity contribution in [2.24, 2.45) is 23.5 Å². The van der Waals surface area contributed by atoms with Crippen LogP contribution in [0, 0.1) is 17.8 Å². The standard InChI is InChI=1S/C18H23NO/c1-3-16-17(9-10-19)18(16)11-14(2)12-20-13-15-7-5-4-6-8-15/h3-11,16-18H,1,12-13,19H2,2H3/b10-9-,14-11-/t16?,17?,18-/m0/s1. The van der Waals surface area contributed by atoms with Gasteiger partial charge < -0.3 is 10.5 Å². The molecule has 1 aromatic carbocycles. The largest absolute Gasteiger partial charge is 0.405 e. The summed E-state index contributed by atoms with van der Waals surface area (Å²) in [5.74, 6) is 1.58. The highest BCUT2D eigenvalue weighted by atomic mass is 16.5. The Balaban J connectivity index is 1.79. The Morgan fingerprint density at radius 2 is 2.00 bits per heavy atom. The molecule has 2 rings (SSSR count). The van der Waals surface area contributed by atoms with Gasteiger partial charge in [-0.15, -0.1) is 6.58 Å². The number of hydrogen-bond donors (Lipinski definition) is 1. The van der Waals surface area contributed by atoms with Crippen LogP contribution in [-0.2, 0) is 11.3 Å². The average molecular weight is 269 g/mol. The average Bonchev–Trinajstić information content (AvgIpc) is 3.11. The maximum absolute atomic E-state index is 5.74. The molecule has 1 fully saturated rings. The highest BCUT2D eigenvalue weighted by molar-refractivity contribution is 5.22. The van der Waals surface area contributed by atoms with E-state index in [-0.39, 0.29) is 0 Å². The van der Waals surface area contributed by atoms with Gasteiger partial charge in [0.1, 0.15) is 0 Å². The molecule has 1 aromatic rings. The van der Waals surface area contributed by atoms with Crippen LogP contribution in [0.5, 0.6) is 0 Å². The minimum atomic E-state index is 0.515. The summed E-state index contributed by atoms with van der Waals surface area (Å²) in [7, 11) is 0. The minimum Gasteiger partial charge on any atom is -0.405 e. The lowest BCUT2D eigenvalue weighted by molar-refractivity contribution is 0.142. The Labute approximate surface area is 121 Å². The van der Waals surface area contributed by atoms with Gasteiger partial charge in [-0.1, -0.05) is 54.1 Å². The van der Waals surface area contributed by atoms with Crippen LogP contribution in [0.1, 0.15) is 12.5 Å². The van der Waals surface area contributed by atoms with Crippen LogP contribution in [0.3, 0.4) is 0 Å². The molecule has 0 aromatic heterocycles. The first kappa shape index (κ1) is 14.6. The van der Waals surface area contributed by atoms with Crippen LogP contribution in [0.2, 0.25) is 0 Å². The van der Waals surface area contributed by atoms with Crippen LogP contribution >= 0.6 is 0 Å². The van der Waals surface area contributed by atoms with E-state index in [9.17, 15) is 0 Å². The molecule has 0 radical (unpaired) electrons. The summed E-state index contributed by atoms with van der Waals surface area (Å²) in [6.07, 6.45) is 8.01. The van der Waals surface area contributed by atoms with Gasteiger partial charge in [0.2, 0.25) is 0 Å². The first-order valence-corrected chi connectivity index (χ1v) is 7.06. The Morgan fingerprint density at radius 3 is 2.65 bits per heavy atom. The van der Waals surface area contributed by atoms with Crippen molar-refractivity contribution < 1.29 is 4.74 Å². The fourth-order valence-electron chi connectivity index (χ4n) is 2.59. The fourth-order valence-corrected chi connectivity index (χ4v) is 2.59. The molecule has 20 heavy (non-hydrogen) atoms. The van der Waals surface area contributed by atoms with Gasteiger partial charge in [-0.05, 0) is 36.4 Å². The Bertz CT molecular complexity index is 489. The summed E-state index contributed by atoms with van der Waals surface area (Å²) < 4.78 is 5.74. The molecule has 0 amide bonds. The zero-order valence-electron chi connectivity index (χ0n) is 12.0. The highest BCUT2D eigenvalue weighted by Crippen LogP contribution is 2.49. The Hall–Kier alpha value is -1.80. The van der Waals surface area contributed by atoms with Crippen molar-refractivity contribution in [3.05, 3.63) is 72.5 Å². The number of nitrogens with two attached hydrogens (primary N) is 1. The van der Waals surface area contributed by atoms with Gasteiger partial charge in [-0.25, -0.2) is 0 Å². The number of benzene rings is 1. The Morgan fingerprint density at radius 1 is 1.25 bits per heavy atom. The van der Waals surface area contributed by atoms with Gasteiger partial charge >= 0.3 is 0 Å². The predicted molar refractivity (Wildman–Crippen MR) is 83.8 cm³/mol. The van der Waals surface area contributed by atoms with Crippen molar-refractivity contribution in [3.63, 3.8) is 0 Å². The van der Waals surface area contributed by atoms with E-state index in [0.717, 1.165) is 0 Å². The number of allylic oxidation sites excluding steroid dienone is 3. The van der Waals surface area contributed by atoms with Crippen molar-refractivity contribution in [1.82, 2.24) is 0 Å². The van der Waals surface area contributed by atoms with Gasteiger partial charge in [-0.3, -0.25) is 0 Å². The summed E-state index contributed by atoms with van der Waals surface area (Å²) in [5, 5.41) is 0. The topological polar surface area (TPSA) is 35.2 Å². The van der Waals surface area contributed by atoms with Crippen LogP contribution in [0.4, 0.5) is 0 Å². The van der Waals surface area contributed by atoms with E-state index < -0.39 is 0 Å². The van der Waals surface area contributed by atoms with Crippen molar-refractivity contribution in [2.45, 2.75) is 13.5 Å². The van der Waals surface area contributed by atoms with E-state index in [1.54, 1.807) is 6.20 Å². The van der Waals surface area contributed by atoms with E-state index in [1.807, 2.05) is 24.3 Å². The first-order valence-electron chi connectivity index (χ1n) is 7.06. The number of hydrogen-bond acceptors (Lipinski definition) is 2. The summed E-state index contributed by atoms with van der Waals surface area (Å²) in [6, 6.07) is 10.2. The fraction of sp³-hybridized carbons (Fsp3) is 0.333. The van der Waals surface area contributed by atoms with Gasteiger partial charge in [-0.2, -0.15) is 0 Å². The molecule has 0 saturated heterocycles. The van der Waals surface area contributed by atoms with Gasteiger partial charge in [0.05, 0.1) is 13.2 Å². The molecule has 2 heteroatoms. The van der Waals surface area contributed by atoms with Crippen molar-refractivity contribution >= 4 is 0 Å². The van der Waals surface area contributed by atoms with Crippen LogP contribution in [0.25, 0.3) is 0 Å². The molecule has 0 aliphatic heterocycles. The van der Waals surface area contributed by atoms with Crippen molar-refractivity contribution in [2.75, 3.05) is 6.61 Å². The van der Waals surface area contributed by atoms with E-state index >= 15 is 0 Å². The third-order valence-electron chi connectivity index (χ3n) is 3.72. The third-order valence-corrected chi connectivity index (χ3v) is 3.72. The second-order valence-corrected chi connectivity index (χ2v) is 5.34. The lowest BCUT2D eigenvalue weighted by atomic mass is 10.2. The second-order valence-electron chi connectivity index (χ2n) is 5.34. The smallest absolute Gasteiger partial charge is 0.0721 e. The van der Waals surface area contributed by atoms with Crippen LogP contribution in [0.15, 0.2) is 66.9 Å². The minimum absolute atomic E-state index is 0.515. The quantitative estimate of drug-likeness (QED) is 0.767. The molecule has 1 saturated carbocycles. The molecule has 106 valence electrons. The monoisotopic (exact) mass is 269 g/mol. The second kappa shape index (κ2) is 7.11. The van der Waals surface area contributed by atoms with E-state index in [4.69, 9.17) is 10.5 Å². The van der Waals surface area contributed by atoms with Crippen molar-refractivity contribution in [3.8, 4) is 0 Å². The summed E-state index contributed by atoms with van der Waals surface area (Å²) in [6.45, 7) is 7.33. The number of ether oxygens (including phenoxy) is 1. The molecule has 2 N–H and O–H groups in total. The molecule has 0 bridgehead atoms. The molecule has 3 atom stereocenters. The lowest BCUT2D eigenvalue weighted by Gasteiger charge is -2.04. The van der Waals surface area contributed by atoms with Gasteiger partial charge in [0.25, 0.3) is 0 Å². The van der Waals surface area contributed by atoms with Crippen molar-refractivity contribution in [1.29, 1.82) is 0 Å². The number of rotatable bonds is 7. The van der Waals surface area contributed by atoms with Gasteiger partial charge in [0, 0.05) is 0 Å². The van der Waals surface area contributed by atoms with E-state index in [0.29, 0.717) is 31.0 Å². The summed E-state index contributed by atoms with van der Waals surface area (Å²) >= 11 is 0. The first-order chi connectivity index (χ1) is 9.76. The molecule has 2 nitrogen and oxygen atoms in total. The summed E-state index contributed by atoms with van der Waals surface area (Å²) in [4.78, 5) is 0. The third kappa shape index (κ3) is 3.84. The van der Waals surface area contributed by atoms with Gasteiger partial charge in [0.15, 0.2) is 0 Å². The molecule has 1 aliphatic rings. The van der Waals surface area contributed by atoms with Crippen LogP contribution < -0.4 is 5.73 Å². The maximum atomic E-state index is 5.74. The predicted octanol–water partition coefficient (Wildman–Crippen LogP) is 3.67. The normalized spacial score (nSPS) is 25.9. The zero-order chi connectivity index (χ0) is 14.4. The van der Waals surface area contributed by atoms with E-state index in [1.165, 1.54) is 11.1 Å². The molecular weight excluding hydrogens is 246 g/mol. The molecule has 2 unspecified atom stereocenters. The SMILES string of the molecule is C=CC1C(/C=C\N)[C@H]1/C=C(/C)COCc1ccccc1. The molecule has 1 aliphatic carbocycles. The Kier molecular flexibility index (Phi) is 5.19. The van der Waals surface area contributed by atoms with Crippen LogP contribution in [-0.4, -0.2) is 6.61 Å². The highest BCUT2D eigenvalue weighted by Gasteiger charge is 2.44. The molecular formula is C18H23NO.